The van der Waals surface area contributed by atoms with Crippen molar-refractivity contribution in [2.75, 3.05) is 0 Å². The van der Waals surface area contributed by atoms with Crippen molar-refractivity contribution in [3.63, 3.8) is 0 Å². The third kappa shape index (κ3) is 3.79. The van der Waals surface area contributed by atoms with E-state index in [1.54, 1.807) is 24.3 Å². The molecule has 0 saturated carbocycles. The van der Waals surface area contributed by atoms with Gasteiger partial charge in [0.25, 0.3) is 0 Å². The maximum absolute atomic E-state index is 12.5. The number of carboxylic acid groups (broad SMARTS) is 1. The van der Waals surface area contributed by atoms with E-state index < -0.39 is 23.1 Å². The van der Waals surface area contributed by atoms with Gasteiger partial charge >= 0.3 is 12.1 Å². The Labute approximate surface area is 129 Å². The highest BCUT2D eigenvalue weighted by molar-refractivity contribution is 9.10. The number of nitrogens with zero attached hydrogens (tertiary/aromatic N) is 2. The summed E-state index contributed by atoms with van der Waals surface area (Å²) >= 11 is 3.54. The highest BCUT2D eigenvalue weighted by atomic mass is 79.9. The summed E-state index contributed by atoms with van der Waals surface area (Å²) < 4.78 is 38.2. The molecule has 2 rings (SSSR count). The number of carbonyl (C=O) groups is 1. The number of hydrogen-bond donors (Lipinski definition) is 1. The van der Waals surface area contributed by atoms with Crippen molar-refractivity contribution in [1.29, 1.82) is 0 Å². The SMILES string of the molecule is O=C(O)C(Cc1ccccc1Br)c1nnc(C(F)(F)F)s1. The molecule has 21 heavy (non-hydrogen) atoms. The van der Waals surface area contributed by atoms with Crippen molar-refractivity contribution in [1.82, 2.24) is 10.2 Å². The summed E-state index contributed by atoms with van der Waals surface area (Å²) in [6, 6.07) is 6.91. The number of aromatic nitrogens is 2. The van der Waals surface area contributed by atoms with Gasteiger partial charge in [-0.25, -0.2) is 0 Å². The Balaban J connectivity index is 2.30. The van der Waals surface area contributed by atoms with Gasteiger partial charge in [0.2, 0.25) is 5.01 Å². The molecule has 1 atom stereocenters. The molecule has 0 spiro atoms. The van der Waals surface area contributed by atoms with Crippen LogP contribution in [0, 0.1) is 0 Å². The number of carboxylic acids is 1. The molecule has 0 bridgehead atoms. The lowest BCUT2D eigenvalue weighted by Gasteiger charge is -2.10. The van der Waals surface area contributed by atoms with Gasteiger partial charge in [0, 0.05) is 4.47 Å². The molecule has 2 aromatic rings. The molecule has 1 aromatic heterocycles. The number of hydrogen-bond acceptors (Lipinski definition) is 4. The molecule has 0 aliphatic heterocycles. The van der Waals surface area contributed by atoms with E-state index in [0.717, 1.165) is 0 Å². The average molecular weight is 381 g/mol. The van der Waals surface area contributed by atoms with Gasteiger partial charge in [-0.05, 0) is 18.1 Å². The van der Waals surface area contributed by atoms with E-state index in [2.05, 4.69) is 26.1 Å². The molecule has 112 valence electrons. The van der Waals surface area contributed by atoms with Crippen LogP contribution in [0.4, 0.5) is 13.2 Å². The Kier molecular flexibility index (Phi) is 4.62. The Morgan fingerprint density at radius 2 is 2.00 bits per heavy atom. The van der Waals surface area contributed by atoms with Crippen LogP contribution in [0.5, 0.6) is 0 Å². The van der Waals surface area contributed by atoms with Gasteiger partial charge in [-0.2, -0.15) is 13.2 Å². The third-order valence-corrected chi connectivity index (χ3v) is 4.52. The zero-order valence-electron chi connectivity index (χ0n) is 10.3. The molecule has 1 unspecified atom stereocenters. The van der Waals surface area contributed by atoms with E-state index in [4.69, 9.17) is 0 Å². The molecule has 0 aliphatic rings. The number of halogens is 4. The lowest BCUT2D eigenvalue weighted by Crippen LogP contribution is -2.14. The van der Waals surface area contributed by atoms with Crippen molar-refractivity contribution in [2.45, 2.75) is 18.5 Å². The largest absolute Gasteiger partial charge is 0.481 e. The molecular formula is C12H8BrF3N2O2S. The second kappa shape index (κ2) is 6.10. The van der Waals surface area contributed by atoms with Gasteiger partial charge in [0.1, 0.15) is 10.9 Å². The number of aliphatic carboxylic acids is 1. The summed E-state index contributed by atoms with van der Waals surface area (Å²) in [6.07, 6.45) is -4.59. The number of alkyl halides is 3. The second-order valence-corrected chi connectivity index (χ2v) is 5.99. The van der Waals surface area contributed by atoms with Gasteiger partial charge in [0.05, 0.1) is 0 Å². The zero-order chi connectivity index (χ0) is 15.6. The summed E-state index contributed by atoms with van der Waals surface area (Å²) in [7, 11) is 0. The summed E-state index contributed by atoms with van der Waals surface area (Å²) in [5.74, 6) is -2.41. The normalized spacial score (nSPS) is 13.1. The van der Waals surface area contributed by atoms with Crippen molar-refractivity contribution in [3.05, 3.63) is 44.3 Å². The Hall–Kier alpha value is -1.48. The van der Waals surface area contributed by atoms with Gasteiger partial charge < -0.3 is 5.11 Å². The van der Waals surface area contributed by atoms with E-state index in [9.17, 15) is 23.1 Å². The molecule has 0 radical (unpaired) electrons. The maximum atomic E-state index is 12.5. The van der Waals surface area contributed by atoms with Gasteiger partial charge in [0.15, 0.2) is 0 Å². The molecule has 1 N–H and O–H groups in total. The van der Waals surface area contributed by atoms with Gasteiger partial charge in [-0.3, -0.25) is 4.79 Å². The zero-order valence-corrected chi connectivity index (χ0v) is 12.7. The average Bonchev–Trinajstić information content (AvgIpc) is 2.86. The summed E-state index contributed by atoms with van der Waals surface area (Å²) in [6.45, 7) is 0. The van der Waals surface area contributed by atoms with E-state index in [-0.39, 0.29) is 22.8 Å². The van der Waals surface area contributed by atoms with Crippen molar-refractivity contribution >= 4 is 33.2 Å². The minimum absolute atomic E-state index is 0.0310. The fourth-order valence-electron chi connectivity index (χ4n) is 1.65. The van der Waals surface area contributed by atoms with Crippen molar-refractivity contribution in [3.8, 4) is 0 Å². The summed E-state index contributed by atoms with van der Waals surface area (Å²) in [4.78, 5) is 11.3. The minimum Gasteiger partial charge on any atom is -0.481 e. The lowest BCUT2D eigenvalue weighted by atomic mass is 10.0. The van der Waals surface area contributed by atoms with E-state index >= 15 is 0 Å². The molecule has 4 nitrogen and oxygen atoms in total. The van der Waals surface area contributed by atoms with Crippen LogP contribution in [0.3, 0.4) is 0 Å². The van der Waals surface area contributed by atoms with Crippen LogP contribution >= 0.6 is 27.3 Å². The van der Waals surface area contributed by atoms with E-state index in [1.165, 1.54) is 0 Å². The van der Waals surface area contributed by atoms with Crippen LogP contribution in [0.15, 0.2) is 28.7 Å². The fraction of sp³-hybridized carbons (Fsp3) is 0.250. The maximum Gasteiger partial charge on any atom is 0.445 e. The fourth-order valence-corrected chi connectivity index (χ4v) is 2.90. The predicted molar refractivity (Wildman–Crippen MR) is 73.1 cm³/mol. The first-order valence-corrected chi connectivity index (χ1v) is 7.27. The molecule has 1 aromatic carbocycles. The van der Waals surface area contributed by atoms with Crippen molar-refractivity contribution in [2.24, 2.45) is 0 Å². The molecule has 0 fully saturated rings. The highest BCUT2D eigenvalue weighted by Crippen LogP contribution is 2.35. The summed E-state index contributed by atoms with van der Waals surface area (Å²) in [5, 5.41) is 14.3. The molecule has 0 aliphatic carbocycles. The van der Waals surface area contributed by atoms with Crippen LogP contribution in [0.2, 0.25) is 0 Å². The first-order chi connectivity index (χ1) is 9.79. The quantitative estimate of drug-likeness (QED) is 0.877. The highest BCUT2D eigenvalue weighted by Gasteiger charge is 2.37. The first kappa shape index (κ1) is 15.9. The molecule has 1 heterocycles. The smallest absolute Gasteiger partial charge is 0.445 e. The Morgan fingerprint density at radius 3 is 2.52 bits per heavy atom. The summed E-state index contributed by atoms with van der Waals surface area (Å²) in [5.41, 5.74) is 0.675. The van der Waals surface area contributed by atoms with Crippen LogP contribution in [0.25, 0.3) is 0 Å². The lowest BCUT2D eigenvalue weighted by molar-refractivity contribution is -0.139. The van der Waals surface area contributed by atoms with Crippen LogP contribution in [-0.2, 0) is 17.4 Å². The standard InChI is InChI=1S/C12H8BrF3N2O2S/c13-8-4-2-1-3-6(8)5-7(10(19)20)9-17-18-11(21-9)12(14,15)16/h1-4,7H,5H2,(H,19,20). The van der Waals surface area contributed by atoms with Gasteiger partial charge in [-0.1, -0.05) is 45.5 Å². The predicted octanol–water partition coefficient (Wildman–Crippen LogP) is 3.73. The monoisotopic (exact) mass is 380 g/mol. The van der Waals surface area contributed by atoms with Crippen LogP contribution in [-0.4, -0.2) is 21.3 Å². The van der Waals surface area contributed by atoms with E-state index in [1.807, 2.05) is 0 Å². The second-order valence-electron chi connectivity index (χ2n) is 4.13. The third-order valence-electron chi connectivity index (χ3n) is 2.66. The topological polar surface area (TPSA) is 63.1 Å². The first-order valence-electron chi connectivity index (χ1n) is 5.66. The molecule has 0 amide bonds. The number of rotatable bonds is 4. The van der Waals surface area contributed by atoms with Crippen LogP contribution in [0.1, 0.15) is 21.5 Å². The Bertz CT molecular complexity index is 660. The van der Waals surface area contributed by atoms with Crippen molar-refractivity contribution < 1.29 is 23.1 Å². The van der Waals surface area contributed by atoms with Crippen LogP contribution < -0.4 is 0 Å². The minimum atomic E-state index is -4.62. The Morgan fingerprint density at radius 1 is 1.33 bits per heavy atom. The molecule has 9 heteroatoms. The number of benzene rings is 1. The van der Waals surface area contributed by atoms with Gasteiger partial charge in [-0.15, -0.1) is 10.2 Å². The molecule has 0 saturated heterocycles. The van der Waals surface area contributed by atoms with E-state index in [0.29, 0.717) is 10.0 Å². The molecular weight excluding hydrogens is 373 g/mol.